The van der Waals surface area contributed by atoms with Gasteiger partial charge in [-0.25, -0.2) is 15.0 Å². The molecule has 0 atom stereocenters. The highest BCUT2D eigenvalue weighted by atomic mass is 35.5. The van der Waals surface area contributed by atoms with Crippen molar-refractivity contribution in [3.8, 4) is 22.8 Å². The maximum absolute atomic E-state index is 6.21. The van der Waals surface area contributed by atoms with Gasteiger partial charge in [0.15, 0.2) is 5.82 Å². The van der Waals surface area contributed by atoms with Crippen LogP contribution >= 0.6 is 11.6 Å². The van der Waals surface area contributed by atoms with Crippen LogP contribution in [0.5, 0.6) is 0 Å². The summed E-state index contributed by atoms with van der Waals surface area (Å²) < 4.78 is 0. The predicted octanol–water partition coefficient (Wildman–Crippen LogP) is 4.17. The standard InChI is InChI=1S/C16H12ClN3/c1-11-9-10-18-16(19-11)15-8-4-7-14(20-15)12-5-2-3-6-13(12)17/h2-10H,1H3. The van der Waals surface area contributed by atoms with Gasteiger partial charge < -0.3 is 0 Å². The monoisotopic (exact) mass is 281 g/mol. The van der Waals surface area contributed by atoms with E-state index >= 15 is 0 Å². The van der Waals surface area contributed by atoms with E-state index in [1.54, 1.807) is 6.20 Å². The number of hydrogen-bond acceptors (Lipinski definition) is 3. The summed E-state index contributed by atoms with van der Waals surface area (Å²) in [6.07, 6.45) is 1.74. The van der Waals surface area contributed by atoms with Gasteiger partial charge in [-0.15, -0.1) is 0 Å². The van der Waals surface area contributed by atoms with Crippen LogP contribution in [0.1, 0.15) is 5.69 Å². The average molecular weight is 282 g/mol. The lowest BCUT2D eigenvalue weighted by Gasteiger charge is -2.06. The Balaban J connectivity index is 2.09. The second kappa shape index (κ2) is 5.39. The Bertz CT molecular complexity index is 756. The number of pyridine rings is 1. The molecule has 0 fully saturated rings. The third kappa shape index (κ3) is 2.53. The van der Waals surface area contributed by atoms with Crippen LogP contribution in [0.2, 0.25) is 5.02 Å². The SMILES string of the molecule is Cc1ccnc(-c2cccc(-c3ccccc3Cl)n2)n1. The zero-order valence-electron chi connectivity index (χ0n) is 10.9. The van der Waals surface area contributed by atoms with Gasteiger partial charge in [0.1, 0.15) is 5.69 Å². The van der Waals surface area contributed by atoms with Gasteiger partial charge in [-0.05, 0) is 31.2 Å². The zero-order valence-corrected chi connectivity index (χ0v) is 11.7. The molecule has 0 aliphatic rings. The van der Waals surface area contributed by atoms with Crippen molar-refractivity contribution in [2.45, 2.75) is 6.92 Å². The molecule has 0 radical (unpaired) electrons. The van der Waals surface area contributed by atoms with Crippen molar-refractivity contribution in [2.75, 3.05) is 0 Å². The van der Waals surface area contributed by atoms with Crippen LogP contribution in [0, 0.1) is 6.92 Å². The molecule has 0 saturated heterocycles. The van der Waals surface area contributed by atoms with Gasteiger partial charge in [0.25, 0.3) is 0 Å². The minimum Gasteiger partial charge on any atom is -0.244 e. The Labute approximate surface area is 122 Å². The van der Waals surface area contributed by atoms with Crippen LogP contribution in [0.15, 0.2) is 54.7 Å². The Kier molecular flexibility index (Phi) is 3.44. The van der Waals surface area contributed by atoms with E-state index in [0.29, 0.717) is 10.8 Å². The van der Waals surface area contributed by atoms with E-state index in [2.05, 4.69) is 15.0 Å². The maximum Gasteiger partial charge on any atom is 0.178 e. The lowest BCUT2D eigenvalue weighted by Crippen LogP contribution is -1.94. The lowest BCUT2D eigenvalue weighted by atomic mass is 10.1. The maximum atomic E-state index is 6.21. The molecule has 0 bridgehead atoms. The summed E-state index contributed by atoms with van der Waals surface area (Å²) in [5.74, 6) is 0.624. The first-order valence-corrected chi connectivity index (χ1v) is 6.64. The fourth-order valence-electron chi connectivity index (χ4n) is 1.95. The smallest absolute Gasteiger partial charge is 0.178 e. The summed E-state index contributed by atoms with van der Waals surface area (Å²) in [6, 6.07) is 15.3. The van der Waals surface area contributed by atoms with E-state index in [0.717, 1.165) is 22.6 Å². The molecular weight excluding hydrogens is 270 g/mol. The first kappa shape index (κ1) is 12.8. The largest absolute Gasteiger partial charge is 0.244 e. The third-order valence-electron chi connectivity index (χ3n) is 2.92. The normalized spacial score (nSPS) is 10.5. The molecule has 0 amide bonds. The van der Waals surface area contributed by atoms with E-state index in [1.807, 2.05) is 55.5 Å². The van der Waals surface area contributed by atoms with E-state index < -0.39 is 0 Å². The third-order valence-corrected chi connectivity index (χ3v) is 3.25. The van der Waals surface area contributed by atoms with Gasteiger partial charge in [-0.2, -0.15) is 0 Å². The van der Waals surface area contributed by atoms with Gasteiger partial charge in [0.2, 0.25) is 0 Å². The lowest BCUT2D eigenvalue weighted by molar-refractivity contribution is 1.09. The molecule has 0 saturated carbocycles. The molecule has 2 heterocycles. The van der Waals surface area contributed by atoms with Gasteiger partial charge in [0, 0.05) is 22.5 Å². The summed E-state index contributed by atoms with van der Waals surface area (Å²) in [4.78, 5) is 13.3. The zero-order chi connectivity index (χ0) is 13.9. The molecule has 1 aromatic carbocycles. The van der Waals surface area contributed by atoms with Crippen molar-refractivity contribution >= 4 is 11.6 Å². The summed E-state index contributed by atoms with van der Waals surface area (Å²) in [6.45, 7) is 1.93. The number of halogens is 1. The van der Waals surface area contributed by atoms with E-state index in [-0.39, 0.29) is 0 Å². The number of benzene rings is 1. The molecule has 0 aliphatic carbocycles. The molecule has 20 heavy (non-hydrogen) atoms. The molecular formula is C16H12ClN3. The number of hydrogen-bond donors (Lipinski definition) is 0. The van der Waals surface area contributed by atoms with Crippen LogP contribution in [0.3, 0.4) is 0 Å². The Morgan fingerprint density at radius 1 is 0.850 bits per heavy atom. The number of rotatable bonds is 2. The van der Waals surface area contributed by atoms with Crippen molar-refractivity contribution in [2.24, 2.45) is 0 Å². The van der Waals surface area contributed by atoms with Crippen LogP contribution in [-0.2, 0) is 0 Å². The first-order chi connectivity index (χ1) is 9.74. The van der Waals surface area contributed by atoms with Crippen molar-refractivity contribution in [3.05, 3.63) is 65.4 Å². The molecule has 0 unspecified atom stereocenters. The molecule has 3 nitrogen and oxygen atoms in total. The van der Waals surface area contributed by atoms with E-state index in [4.69, 9.17) is 11.6 Å². The van der Waals surface area contributed by atoms with Gasteiger partial charge in [-0.1, -0.05) is 35.9 Å². The molecule has 3 rings (SSSR count). The Morgan fingerprint density at radius 3 is 2.45 bits per heavy atom. The van der Waals surface area contributed by atoms with Gasteiger partial charge >= 0.3 is 0 Å². The highest BCUT2D eigenvalue weighted by Gasteiger charge is 2.07. The quantitative estimate of drug-likeness (QED) is 0.708. The van der Waals surface area contributed by atoms with Gasteiger partial charge in [0.05, 0.1) is 5.69 Å². The topological polar surface area (TPSA) is 38.7 Å². The minimum atomic E-state index is 0.624. The fraction of sp³-hybridized carbons (Fsp3) is 0.0625. The minimum absolute atomic E-state index is 0.624. The highest BCUT2D eigenvalue weighted by Crippen LogP contribution is 2.27. The van der Waals surface area contributed by atoms with E-state index in [1.165, 1.54) is 0 Å². The fourth-order valence-corrected chi connectivity index (χ4v) is 2.18. The van der Waals surface area contributed by atoms with Crippen LogP contribution in [-0.4, -0.2) is 15.0 Å². The van der Waals surface area contributed by atoms with Gasteiger partial charge in [-0.3, -0.25) is 0 Å². The van der Waals surface area contributed by atoms with Crippen molar-refractivity contribution in [3.63, 3.8) is 0 Å². The number of aromatic nitrogens is 3. The highest BCUT2D eigenvalue weighted by molar-refractivity contribution is 6.33. The Hall–Kier alpha value is -2.26. The van der Waals surface area contributed by atoms with Crippen molar-refractivity contribution < 1.29 is 0 Å². The van der Waals surface area contributed by atoms with Crippen LogP contribution in [0.4, 0.5) is 0 Å². The molecule has 0 aliphatic heterocycles. The van der Waals surface area contributed by atoms with Crippen molar-refractivity contribution in [1.82, 2.24) is 15.0 Å². The summed E-state index contributed by atoms with van der Waals surface area (Å²) >= 11 is 6.21. The molecule has 4 heteroatoms. The van der Waals surface area contributed by atoms with Crippen molar-refractivity contribution in [1.29, 1.82) is 0 Å². The van der Waals surface area contributed by atoms with E-state index in [9.17, 15) is 0 Å². The average Bonchev–Trinajstić information content (AvgIpc) is 2.48. The van der Waals surface area contributed by atoms with Crippen LogP contribution in [0.25, 0.3) is 22.8 Å². The summed E-state index contributed by atoms with van der Waals surface area (Å²) in [5, 5.41) is 0.683. The molecule has 2 aromatic heterocycles. The molecule has 0 N–H and O–H groups in total. The summed E-state index contributed by atoms with van der Waals surface area (Å²) in [7, 11) is 0. The summed E-state index contributed by atoms with van der Waals surface area (Å²) in [5.41, 5.74) is 3.38. The number of nitrogens with zero attached hydrogens (tertiary/aromatic N) is 3. The second-order valence-electron chi connectivity index (χ2n) is 4.41. The molecule has 98 valence electrons. The Morgan fingerprint density at radius 2 is 1.65 bits per heavy atom. The number of aryl methyl sites for hydroxylation is 1. The van der Waals surface area contributed by atoms with Crippen LogP contribution < -0.4 is 0 Å². The molecule has 0 spiro atoms. The first-order valence-electron chi connectivity index (χ1n) is 6.26. The molecule has 3 aromatic rings. The predicted molar refractivity (Wildman–Crippen MR) is 80.4 cm³/mol. The second-order valence-corrected chi connectivity index (χ2v) is 4.82.